The minimum absolute atomic E-state index is 0.556. The normalized spacial score (nSPS) is 20.7. The van der Waals surface area contributed by atoms with Crippen molar-refractivity contribution >= 4 is 0 Å². The van der Waals surface area contributed by atoms with Crippen LogP contribution < -0.4 is 0 Å². The molecule has 2 rings (SSSR count). The summed E-state index contributed by atoms with van der Waals surface area (Å²) in [5, 5.41) is 10.6. The lowest BCUT2D eigenvalue weighted by atomic mass is 9.86. The Bertz CT molecular complexity index is 342. The van der Waals surface area contributed by atoms with E-state index < -0.39 is 5.60 Å². The van der Waals surface area contributed by atoms with Crippen LogP contribution in [-0.2, 0) is 6.42 Å². The molecule has 3 nitrogen and oxygen atoms in total. The number of aromatic nitrogens is 1. The first-order chi connectivity index (χ1) is 8.09. The molecule has 0 aromatic carbocycles. The molecule has 0 atom stereocenters. The summed E-state index contributed by atoms with van der Waals surface area (Å²) in [5.74, 6) is 0. The Balaban J connectivity index is 1.94. The van der Waals surface area contributed by atoms with Gasteiger partial charge in [0.2, 0.25) is 0 Å². The number of rotatable bonds is 3. The van der Waals surface area contributed by atoms with Crippen molar-refractivity contribution in [2.75, 3.05) is 13.1 Å². The Kier molecular flexibility index (Phi) is 3.79. The van der Waals surface area contributed by atoms with Gasteiger partial charge in [-0.25, -0.2) is 0 Å². The Labute approximate surface area is 103 Å². The van der Waals surface area contributed by atoms with Crippen LogP contribution in [-0.4, -0.2) is 39.7 Å². The fourth-order valence-corrected chi connectivity index (χ4v) is 2.47. The van der Waals surface area contributed by atoms with Crippen LogP contribution in [0, 0.1) is 0 Å². The molecule has 1 aromatic rings. The van der Waals surface area contributed by atoms with Crippen molar-refractivity contribution in [2.24, 2.45) is 0 Å². The van der Waals surface area contributed by atoms with Gasteiger partial charge in [0.15, 0.2) is 0 Å². The lowest BCUT2D eigenvalue weighted by molar-refractivity contribution is -0.0277. The lowest BCUT2D eigenvalue weighted by Gasteiger charge is -2.39. The van der Waals surface area contributed by atoms with Gasteiger partial charge < -0.3 is 10.0 Å². The quantitative estimate of drug-likeness (QED) is 0.867. The molecule has 1 saturated heterocycles. The summed E-state index contributed by atoms with van der Waals surface area (Å²) in [4.78, 5) is 6.72. The first kappa shape index (κ1) is 12.5. The summed E-state index contributed by atoms with van der Waals surface area (Å²) in [6.45, 7) is 6.40. The third kappa shape index (κ3) is 3.27. The molecule has 1 aromatic heterocycles. The number of likely N-dealkylation sites (tertiary alicyclic amines) is 1. The molecule has 94 valence electrons. The third-order valence-electron chi connectivity index (χ3n) is 3.70. The van der Waals surface area contributed by atoms with E-state index in [1.165, 1.54) is 0 Å². The summed E-state index contributed by atoms with van der Waals surface area (Å²) in [7, 11) is 0. The van der Waals surface area contributed by atoms with Crippen molar-refractivity contribution in [2.45, 2.75) is 44.8 Å². The van der Waals surface area contributed by atoms with Gasteiger partial charge in [0.05, 0.1) is 5.60 Å². The second-order valence-electron chi connectivity index (χ2n) is 5.35. The van der Waals surface area contributed by atoms with Crippen molar-refractivity contribution in [1.82, 2.24) is 9.88 Å². The lowest BCUT2D eigenvalue weighted by Crippen LogP contribution is -2.47. The molecule has 0 spiro atoms. The van der Waals surface area contributed by atoms with E-state index >= 15 is 0 Å². The standard InChI is InChI=1S/C14H22N2O/c1-12(2)16-9-6-14(17,7-10-16)11-13-5-3-4-8-15-13/h3-5,8,12,17H,6-7,9-11H2,1-2H3. The summed E-state index contributed by atoms with van der Waals surface area (Å²) in [6.07, 6.45) is 4.17. The smallest absolute Gasteiger partial charge is 0.0727 e. The zero-order chi connectivity index (χ0) is 12.3. The van der Waals surface area contributed by atoms with E-state index in [1.54, 1.807) is 6.20 Å². The van der Waals surface area contributed by atoms with Crippen LogP contribution in [0.2, 0.25) is 0 Å². The Morgan fingerprint density at radius 3 is 2.59 bits per heavy atom. The second kappa shape index (κ2) is 5.15. The molecule has 0 saturated carbocycles. The van der Waals surface area contributed by atoms with Crippen molar-refractivity contribution < 1.29 is 5.11 Å². The average Bonchev–Trinajstić information content (AvgIpc) is 2.30. The van der Waals surface area contributed by atoms with E-state index in [-0.39, 0.29) is 0 Å². The fraction of sp³-hybridized carbons (Fsp3) is 0.643. The number of pyridine rings is 1. The maximum absolute atomic E-state index is 10.6. The highest BCUT2D eigenvalue weighted by molar-refractivity contribution is 5.08. The van der Waals surface area contributed by atoms with Crippen LogP contribution in [0.1, 0.15) is 32.4 Å². The minimum Gasteiger partial charge on any atom is -0.389 e. The van der Waals surface area contributed by atoms with Gasteiger partial charge in [-0.05, 0) is 38.8 Å². The highest BCUT2D eigenvalue weighted by Gasteiger charge is 2.33. The number of hydrogen-bond acceptors (Lipinski definition) is 3. The first-order valence-corrected chi connectivity index (χ1v) is 6.45. The van der Waals surface area contributed by atoms with Gasteiger partial charge >= 0.3 is 0 Å². The monoisotopic (exact) mass is 234 g/mol. The zero-order valence-electron chi connectivity index (χ0n) is 10.8. The molecule has 17 heavy (non-hydrogen) atoms. The summed E-state index contributed by atoms with van der Waals surface area (Å²) >= 11 is 0. The summed E-state index contributed by atoms with van der Waals surface area (Å²) in [5.41, 5.74) is 0.438. The van der Waals surface area contributed by atoms with Gasteiger partial charge in [-0.15, -0.1) is 0 Å². The molecule has 0 radical (unpaired) electrons. The van der Waals surface area contributed by atoms with Crippen molar-refractivity contribution in [3.05, 3.63) is 30.1 Å². The molecule has 1 N–H and O–H groups in total. The third-order valence-corrected chi connectivity index (χ3v) is 3.70. The molecular weight excluding hydrogens is 212 g/mol. The zero-order valence-corrected chi connectivity index (χ0v) is 10.8. The van der Waals surface area contributed by atoms with Crippen LogP contribution in [0.4, 0.5) is 0 Å². The molecule has 1 aliphatic heterocycles. The van der Waals surface area contributed by atoms with Crippen molar-refractivity contribution in [1.29, 1.82) is 0 Å². The van der Waals surface area contributed by atoms with Crippen LogP contribution in [0.15, 0.2) is 24.4 Å². The minimum atomic E-state index is -0.556. The Morgan fingerprint density at radius 1 is 1.35 bits per heavy atom. The molecule has 0 amide bonds. The van der Waals surface area contributed by atoms with Crippen LogP contribution >= 0.6 is 0 Å². The predicted molar refractivity (Wildman–Crippen MR) is 68.8 cm³/mol. The van der Waals surface area contributed by atoms with Crippen LogP contribution in [0.25, 0.3) is 0 Å². The number of nitrogens with zero attached hydrogens (tertiary/aromatic N) is 2. The molecule has 1 fully saturated rings. The molecule has 3 heteroatoms. The predicted octanol–water partition coefficient (Wildman–Crippen LogP) is 1.86. The largest absolute Gasteiger partial charge is 0.389 e. The summed E-state index contributed by atoms with van der Waals surface area (Å²) < 4.78 is 0. The van der Waals surface area contributed by atoms with E-state index in [9.17, 15) is 5.11 Å². The fourth-order valence-electron chi connectivity index (χ4n) is 2.47. The molecule has 0 aliphatic carbocycles. The highest BCUT2D eigenvalue weighted by Crippen LogP contribution is 2.26. The maximum Gasteiger partial charge on any atom is 0.0727 e. The number of hydrogen-bond donors (Lipinski definition) is 1. The Hall–Kier alpha value is -0.930. The molecule has 0 unspecified atom stereocenters. The van der Waals surface area contributed by atoms with E-state index in [0.717, 1.165) is 31.6 Å². The number of aliphatic hydroxyl groups is 1. The second-order valence-corrected chi connectivity index (χ2v) is 5.35. The first-order valence-electron chi connectivity index (χ1n) is 6.45. The van der Waals surface area contributed by atoms with Gasteiger partial charge in [0.1, 0.15) is 0 Å². The molecule has 0 bridgehead atoms. The van der Waals surface area contributed by atoms with Gasteiger partial charge in [-0.2, -0.15) is 0 Å². The Morgan fingerprint density at radius 2 is 2.06 bits per heavy atom. The molecular formula is C14H22N2O. The van der Waals surface area contributed by atoms with Gasteiger partial charge in [-0.3, -0.25) is 4.98 Å². The van der Waals surface area contributed by atoms with Gasteiger partial charge in [0.25, 0.3) is 0 Å². The molecule has 1 aliphatic rings. The molecule has 2 heterocycles. The number of piperidine rings is 1. The van der Waals surface area contributed by atoms with Crippen molar-refractivity contribution in [3.8, 4) is 0 Å². The highest BCUT2D eigenvalue weighted by atomic mass is 16.3. The van der Waals surface area contributed by atoms with E-state index in [1.807, 2.05) is 18.2 Å². The van der Waals surface area contributed by atoms with Gasteiger partial charge in [0, 0.05) is 37.4 Å². The van der Waals surface area contributed by atoms with Crippen LogP contribution in [0.3, 0.4) is 0 Å². The van der Waals surface area contributed by atoms with Crippen LogP contribution in [0.5, 0.6) is 0 Å². The SMILES string of the molecule is CC(C)N1CCC(O)(Cc2ccccn2)CC1. The average molecular weight is 234 g/mol. The van der Waals surface area contributed by atoms with Crippen molar-refractivity contribution in [3.63, 3.8) is 0 Å². The summed E-state index contributed by atoms with van der Waals surface area (Å²) in [6, 6.07) is 6.46. The van der Waals surface area contributed by atoms with Gasteiger partial charge in [-0.1, -0.05) is 6.07 Å². The van der Waals surface area contributed by atoms with E-state index in [4.69, 9.17) is 0 Å². The van der Waals surface area contributed by atoms with E-state index in [0.29, 0.717) is 12.5 Å². The topological polar surface area (TPSA) is 36.4 Å². The van der Waals surface area contributed by atoms with E-state index in [2.05, 4.69) is 23.7 Å². The maximum atomic E-state index is 10.6.